The SMILES string of the molecule is Cc1cc(F)ccc1C(=O)c1ccccc1OC(C)C. The van der Waals surface area contributed by atoms with Crippen LogP contribution in [0.25, 0.3) is 0 Å². The predicted molar refractivity (Wildman–Crippen MR) is 76.8 cm³/mol. The molecule has 0 saturated heterocycles. The Morgan fingerprint density at radius 1 is 1.10 bits per heavy atom. The molecule has 0 unspecified atom stereocenters. The molecule has 2 rings (SSSR count). The number of ether oxygens (including phenoxy) is 1. The van der Waals surface area contributed by atoms with E-state index in [9.17, 15) is 9.18 Å². The monoisotopic (exact) mass is 272 g/mol. The quantitative estimate of drug-likeness (QED) is 0.781. The summed E-state index contributed by atoms with van der Waals surface area (Å²) in [6.45, 7) is 5.54. The zero-order valence-corrected chi connectivity index (χ0v) is 11.8. The first-order valence-electron chi connectivity index (χ1n) is 6.55. The van der Waals surface area contributed by atoms with E-state index in [0.717, 1.165) is 0 Å². The van der Waals surface area contributed by atoms with Gasteiger partial charge in [-0.05, 0) is 56.7 Å². The Labute approximate surface area is 118 Å². The third-order valence-electron chi connectivity index (χ3n) is 2.93. The van der Waals surface area contributed by atoms with Gasteiger partial charge in [0.05, 0.1) is 11.7 Å². The van der Waals surface area contributed by atoms with Crippen molar-refractivity contribution in [3.8, 4) is 5.75 Å². The number of rotatable bonds is 4. The van der Waals surface area contributed by atoms with Gasteiger partial charge in [-0.2, -0.15) is 0 Å². The fraction of sp³-hybridized carbons (Fsp3) is 0.235. The van der Waals surface area contributed by atoms with Crippen LogP contribution in [0.15, 0.2) is 42.5 Å². The number of para-hydroxylation sites is 1. The van der Waals surface area contributed by atoms with Gasteiger partial charge in [-0.25, -0.2) is 4.39 Å². The van der Waals surface area contributed by atoms with Crippen molar-refractivity contribution in [3.63, 3.8) is 0 Å². The number of aryl methyl sites for hydroxylation is 1. The van der Waals surface area contributed by atoms with E-state index in [1.165, 1.54) is 18.2 Å². The van der Waals surface area contributed by atoms with Gasteiger partial charge in [-0.15, -0.1) is 0 Å². The number of hydrogen-bond donors (Lipinski definition) is 0. The average molecular weight is 272 g/mol. The summed E-state index contributed by atoms with van der Waals surface area (Å²) < 4.78 is 18.8. The van der Waals surface area contributed by atoms with Gasteiger partial charge in [0.1, 0.15) is 11.6 Å². The summed E-state index contributed by atoms with van der Waals surface area (Å²) in [5.41, 5.74) is 1.61. The highest BCUT2D eigenvalue weighted by molar-refractivity contribution is 6.11. The molecule has 20 heavy (non-hydrogen) atoms. The molecule has 0 aliphatic rings. The molecule has 0 spiro atoms. The highest BCUT2D eigenvalue weighted by Crippen LogP contribution is 2.24. The Bertz CT molecular complexity index is 633. The van der Waals surface area contributed by atoms with E-state index in [0.29, 0.717) is 22.4 Å². The van der Waals surface area contributed by atoms with Crippen molar-refractivity contribution < 1.29 is 13.9 Å². The van der Waals surface area contributed by atoms with E-state index < -0.39 is 0 Å². The molecule has 0 aliphatic heterocycles. The fourth-order valence-electron chi connectivity index (χ4n) is 2.04. The van der Waals surface area contributed by atoms with E-state index in [4.69, 9.17) is 4.74 Å². The van der Waals surface area contributed by atoms with Gasteiger partial charge in [-0.3, -0.25) is 4.79 Å². The predicted octanol–water partition coefficient (Wildman–Crippen LogP) is 4.15. The minimum Gasteiger partial charge on any atom is -0.490 e. The van der Waals surface area contributed by atoms with Crippen LogP contribution in [-0.2, 0) is 0 Å². The Morgan fingerprint density at radius 2 is 1.80 bits per heavy atom. The molecule has 0 N–H and O–H groups in total. The second-order valence-corrected chi connectivity index (χ2v) is 4.95. The van der Waals surface area contributed by atoms with Crippen molar-refractivity contribution in [1.82, 2.24) is 0 Å². The van der Waals surface area contributed by atoms with Crippen molar-refractivity contribution in [2.45, 2.75) is 26.9 Å². The molecule has 2 aromatic carbocycles. The molecule has 0 radical (unpaired) electrons. The summed E-state index contributed by atoms with van der Waals surface area (Å²) >= 11 is 0. The summed E-state index contributed by atoms with van der Waals surface area (Å²) in [6.07, 6.45) is -0.0155. The van der Waals surface area contributed by atoms with Crippen LogP contribution in [0.3, 0.4) is 0 Å². The van der Waals surface area contributed by atoms with Crippen LogP contribution in [0, 0.1) is 12.7 Å². The number of carbonyl (C=O) groups is 1. The molecule has 104 valence electrons. The topological polar surface area (TPSA) is 26.3 Å². The summed E-state index contributed by atoms with van der Waals surface area (Å²) in [4.78, 5) is 12.6. The molecule has 2 nitrogen and oxygen atoms in total. The van der Waals surface area contributed by atoms with Gasteiger partial charge >= 0.3 is 0 Å². The smallest absolute Gasteiger partial charge is 0.197 e. The first-order chi connectivity index (χ1) is 9.49. The first kappa shape index (κ1) is 14.3. The van der Waals surface area contributed by atoms with Gasteiger partial charge in [0.2, 0.25) is 0 Å². The summed E-state index contributed by atoms with van der Waals surface area (Å²) in [5, 5.41) is 0. The number of benzene rings is 2. The molecule has 0 aliphatic carbocycles. The summed E-state index contributed by atoms with van der Waals surface area (Å²) in [7, 11) is 0. The van der Waals surface area contributed by atoms with E-state index in [1.807, 2.05) is 19.9 Å². The minimum atomic E-state index is -0.342. The lowest BCUT2D eigenvalue weighted by molar-refractivity contribution is 0.103. The highest BCUT2D eigenvalue weighted by Gasteiger charge is 2.17. The molecule has 2 aromatic rings. The second-order valence-electron chi connectivity index (χ2n) is 4.95. The van der Waals surface area contributed by atoms with Crippen molar-refractivity contribution >= 4 is 5.78 Å². The first-order valence-corrected chi connectivity index (χ1v) is 6.55. The summed E-state index contributed by atoms with van der Waals surface area (Å²) in [6, 6.07) is 11.3. The van der Waals surface area contributed by atoms with Crippen LogP contribution in [0.2, 0.25) is 0 Å². The van der Waals surface area contributed by atoms with Crippen LogP contribution in [-0.4, -0.2) is 11.9 Å². The van der Waals surface area contributed by atoms with Crippen LogP contribution in [0.1, 0.15) is 35.3 Å². The van der Waals surface area contributed by atoms with Crippen LogP contribution in [0.4, 0.5) is 4.39 Å². The molecular formula is C17H17FO2. The zero-order chi connectivity index (χ0) is 14.7. The van der Waals surface area contributed by atoms with Gasteiger partial charge in [-0.1, -0.05) is 12.1 Å². The lowest BCUT2D eigenvalue weighted by Gasteiger charge is -2.14. The Morgan fingerprint density at radius 3 is 2.45 bits per heavy atom. The zero-order valence-electron chi connectivity index (χ0n) is 11.8. The molecule has 3 heteroatoms. The second kappa shape index (κ2) is 5.87. The third kappa shape index (κ3) is 3.05. The molecule has 0 heterocycles. The Hall–Kier alpha value is -2.16. The lowest BCUT2D eigenvalue weighted by Crippen LogP contribution is -2.11. The van der Waals surface area contributed by atoms with E-state index in [-0.39, 0.29) is 17.7 Å². The largest absolute Gasteiger partial charge is 0.490 e. The Balaban J connectivity index is 2.43. The lowest BCUT2D eigenvalue weighted by atomic mass is 9.98. The maximum atomic E-state index is 13.1. The minimum absolute atomic E-state index is 0.0155. The number of hydrogen-bond acceptors (Lipinski definition) is 2. The molecule has 0 amide bonds. The van der Waals surface area contributed by atoms with Gasteiger partial charge < -0.3 is 4.74 Å². The van der Waals surface area contributed by atoms with Gasteiger partial charge in [0.15, 0.2) is 5.78 Å². The molecular weight excluding hydrogens is 255 g/mol. The van der Waals surface area contributed by atoms with Crippen molar-refractivity contribution in [3.05, 3.63) is 65.0 Å². The number of halogens is 1. The number of carbonyl (C=O) groups excluding carboxylic acids is 1. The normalized spacial score (nSPS) is 10.7. The van der Waals surface area contributed by atoms with Crippen LogP contribution in [0.5, 0.6) is 5.75 Å². The van der Waals surface area contributed by atoms with Crippen molar-refractivity contribution in [2.75, 3.05) is 0 Å². The number of ketones is 1. The molecule has 0 aromatic heterocycles. The van der Waals surface area contributed by atoms with Gasteiger partial charge in [0.25, 0.3) is 0 Å². The maximum Gasteiger partial charge on any atom is 0.197 e. The third-order valence-corrected chi connectivity index (χ3v) is 2.93. The fourth-order valence-corrected chi connectivity index (χ4v) is 2.04. The average Bonchev–Trinajstić information content (AvgIpc) is 2.38. The molecule has 0 bridgehead atoms. The molecule has 0 saturated carbocycles. The molecule has 0 fully saturated rings. The van der Waals surface area contributed by atoms with E-state index >= 15 is 0 Å². The van der Waals surface area contributed by atoms with Crippen molar-refractivity contribution in [1.29, 1.82) is 0 Å². The van der Waals surface area contributed by atoms with Crippen LogP contribution >= 0.6 is 0 Å². The maximum absolute atomic E-state index is 13.1. The Kier molecular flexibility index (Phi) is 4.18. The van der Waals surface area contributed by atoms with E-state index in [1.54, 1.807) is 25.1 Å². The standard InChI is InChI=1S/C17H17FO2/c1-11(2)20-16-7-5-4-6-15(16)17(19)14-9-8-13(18)10-12(14)3/h4-11H,1-3H3. The van der Waals surface area contributed by atoms with Gasteiger partial charge in [0, 0.05) is 5.56 Å². The van der Waals surface area contributed by atoms with E-state index in [2.05, 4.69) is 0 Å². The van der Waals surface area contributed by atoms with Crippen molar-refractivity contribution in [2.24, 2.45) is 0 Å². The highest BCUT2D eigenvalue weighted by atomic mass is 19.1. The molecule has 0 atom stereocenters. The van der Waals surface area contributed by atoms with Crippen LogP contribution < -0.4 is 4.74 Å². The summed E-state index contributed by atoms with van der Waals surface area (Å²) in [5.74, 6) is 0.0562.